The highest BCUT2D eigenvalue weighted by Crippen LogP contribution is 2.44. The molecule has 2 aromatic rings. The molecule has 0 aliphatic carbocycles. The molecular weight excluding hydrogens is 422 g/mol. The van der Waals surface area contributed by atoms with Gasteiger partial charge in [0, 0.05) is 16.9 Å². The van der Waals surface area contributed by atoms with Gasteiger partial charge in [-0.2, -0.15) is 0 Å². The van der Waals surface area contributed by atoms with E-state index in [4.69, 9.17) is 4.74 Å². The summed E-state index contributed by atoms with van der Waals surface area (Å²) < 4.78 is 41.3. The molecule has 0 amide bonds. The molecule has 1 heterocycles. The van der Waals surface area contributed by atoms with Crippen LogP contribution in [0.2, 0.25) is 0 Å². The predicted molar refractivity (Wildman–Crippen MR) is 120 cm³/mol. The van der Waals surface area contributed by atoms with Crippen LogP contribution in [-0.4, -0.2) is 25.1 Å². The van der Waals surface area contributed by atoms with Gasteiger partial charge in [-0.05, 0) is 53.6 Å². The van der Waals surface area contributed by atoms with Crippen LogP contribution in [-0.2, 0) is 6.42 Å². The topological polar surface area (TPSA) is 47.9 Å². The molecule has 166 valence electrons. The van der Waals surface area contributed by atoms with Gasteiger partial charge in [-0.15, -0.1) is 8.78 Å². The Morgan fingerprint density at radius 1 is 1.13 bits per heavy atom. The Bertz CT molecular complexity index is 986. The van der Waals surface area contributed by atoms with Crippen molar-refractivity contribution in [1.82, 2.24) is 0 Å². The zero-order valence-electron chi connectivity index (χ0n) is 17.8. The van der Waals surface area contributed by atoms with Crippen LogP contribution in [0.15, 0.2) is 58.4 Å². The van der Waals surface area contributed by atoms with Gasteiger partial charge in [-0.3, -0.25) is 0 Å². The van der Waals surface area contributed by atoms with Gasteiger partial charge in [0.1, 0.15) is 5.75 Å². The normalized spacial score (nSPS) is 15.3. The van der Waals surface area contributed by atoms with E-state index in [0.717, 1.165) is 33.8 Å². The number of alkyl halides is 2. The number of aliphatic hydroxyl groups is 1. The molecule has 0 atom stereocenters. The highest BCUT2D eigenvalue weighted by molar-refractivity contribution is 8.06. The number of hydrogen-bond acceptors (Lipinski definition) is 5. The number of rotatable bonds is 9. The van der Waals surface area contributed by atoms with Gasteiger partial charge < -0.3 is 19.3 Å². The second-order valence-electron chi connectivity index (χ2n) is 7.01. The molecular formula is C24H26F2O4S. The summed E-state index contributed by atoms with van der Waals surface area (Å²) in [6, 6.07) is 10.5. The molecule has 0 aromatic heterocycles. The van der Waals surface area contributed by atoms with Crippen molar-refractivity contribution in [2.24, 2.45) is 0 Å². The Morgan fingerprint density at radius 2 is 1.90 bits per heavy atom. The molecule has 0 saturated carbocycles. The minimum atomic E-state index is -3.65. The zero-order valence-corrected chi connectivity index (χ0v) is 18.6. The van der Waals surface area contributed by atoms with Crippen molar-refractivity contribution in [3.63, 3.8) is 0 Å². The number of unbranched alkanes of at least 4 members (excludes halogenated alkanes) is 1. The molecule has 31 heavy (non-hydrogen) atoms. The van der Waals surface area contributed by atoms with Crippen molar-refractivity contribution in [1.29, 1.82) is 0 Å². The van der Waals surface area contributed by atoms with Crippen molar-refractivity contribution in [3.05, 3.63) is 63.9 Å². The minimum absolute atomic E-state index is 0.00620. The number of ether oxygens (including phenoxy) is 3. The summed E-state index contributed by atoms with van der Waals surface area (Å²) in [6.45, 7) is 4.08. The molecule has 4 nitrogen and oxygen atoms in total. The first kappa shape index (κ1) is 23.2. The largest absolute Gasteiger partial charge is 0.586 e. The summed E-state index contributed by atoms with van der Waals surface area (Å²) >= 11 is 1.57. The van der Waals surface area contributed by atoms with Gasteiger partial charge in [0.2, 0.25) is 0 Å². The summed E-state index contributed by atoms with van der Waals surface area (Å²) in [5, 5.41) is 9.63. The van der Waals surface area contributed by atoms with Crippen molar-refractivity contribution in [3.8, 4) is 28.4 Å². The molecule has 1 N–H and O–H groups in total. The first-order valence-electron chi connectivity index (χ1n) is 10.1. The second-order valence-corrected chi connectivity index (χ2v) is 8.27. The van der Waals surface area contributed by atoms with Crippen LogP contribution >= 0.6 is 11.8 Å². The number of methoxy groups -OCH3 is 1. The fraction of sp³-hybridized carbons (Fsp3) is 0.333. The number of allylic oxidation sites excluding steroid dienone is 3. The minimum Gasteiger partial charge on any atom is -0.496 e. The Labute approximate surface area is 185 Å². The third-order valence-corrected chi connectivity index (χ3v) is 5.96. The van der Waals surface area contributed by atoms with E-state index in [1.807, 2.05) is 31.2 Å². The van der Waals surface area contributed by atoms with E-state index >= 15 is 0 Å². The summed E-state index contributed by atoms with van der Waals surface area (Å²) in [6.07, 6.45) is 3.07. The molecule has 7 heteroatoms. The molecule has 0 saturated heterocycles. The van der Waals surface area contributed by atoms with Gasteiger partial charge in [-0.25, -0.2) is 0 Å². The monoisotopic (exact) mass is 448 g/mol. The Kier molecular flexibility index (Phi) is 7.62. The van der Waals surface area contributed by atoms with Crippen LogP contribution in [0, 0.1) is 0 Å². The van der Waals surface area contributed by atoms with Gasteiger partial charge in [0.25, 0.3) is 0 Å². The highest BCUT2D eigenvalue weighted by atomic mass is 32.2. The predicted octanol–water partition coefficient (Wildman–Crippen LogP) is 6.54. The van der Waals surface area contributed by atoms with Crippen LogP contribution in [0.1, 0.15) is 32.3 Å². The van der Waals surface area contributed by atoms with Gasteiger partial charge in [0.15, 0.2) is 11.5 Å². The number of benzene rings is 2. The van der Waals surface area contributed by atoms with E-state index in [-0.39, 0.29) is 18.1 Å². The van der Waals surface area contributed by atoms with E-state index in [0.29, 0.717) is 17.7 Å². The van der Waals surface area contributed by atoms with Crippen LogP contribution in [0.3, 0.4) is 0 Å². The lowest BCUT2D eigenvalue weighted by atomic mass is 10.00. The number of hydrogen-bond donors (Lipinski definition) is 1. The summed E-state index contributed by atoms with van der Waals surface area (Å²) in [5.74, 6) is 0.628. The fourth-order valence-electron chi connectivity index (χ4n) is 3.22. The third kappa shape index (κ3) is 5.80. The Balaban J connectivity index is 1.86. The molecule has 3 rings (SSSR count). The molecule has 2 aromatic carbocycles. The van der Waals surface area contributed by atoms with Gasteiger partial charge in [0.05, 0.1) is 13.7 Å². The first-order chi connectivity index (χ1) is 14.9. The van der Waals surface area contributed by atoms with Crippen molar-refractivity contribution in [2.75, 3.05) is 13.7 Å². The van der Waals surface area contributed by atoms with E-state index in [2.05, 4.69) is 22.5 Å². The highest BCUT2D eigenvalue weighted by Gasteiger charge is 2.43. The van der Waals surface area contributed by atoms with E-state index in [9.17, 15) is 13.9 Å². The summed E-state index contributed by atoms with van der Waals surface area (Å²) in [4.78, 5) is 2.04. The maximum absolute atomic E-state index is 13.4. The van der Waals surface area contributed by atoms with Gasteiger partial charge >= 0.3 is 6.29 Å². The van der Waals surface area contributed by atoms with E-state index < -0.39 is 6.29 Å². The maximum Gasteiger partial charge on any atom is 0.586 e. The van der Waals surface area contributed by atoms with Crippen molar-refractivity contribution < 1.29 is 28.1 Å². The molecule has 1 aliphatic heterocycles. The lowest BCUT2D eigenvalue weighted by Gasteiger charge is -2.13. The average molecular weight is 449 g/mol. The van der Waals surface area contributed by atoms with Gasteiger partial charge in [-0.1, -0.05) is 49.4 Å². The molecule has 0 spiro atoms. The average Bonchev–Trinajstić information content (AvgIpc) is 3.08. The smallest absolute Gasteiger partial charge is 0.496 e. The fourth-order valence-corrected chi connectivity index (χ4v) is 4.18. The number of thioether (sulfide) groups is 1. The SMILES string of the molecule is C/C=C(/Cc1ccc(OC)c(-c2ccc3c(c2)OC(F)(F)O3)c1)S/C(=C/CCC)CO. The zero-order chi connectivity index (χ0) is 22.4. The standard InChI is InChI=1S/C24H26F2O4S/c1-4-6-7-19(15-27)31-18(5-2)12-16-8-10-21(28-3)20(13-16)17-9-11-22-23(14-17)30-24(25,26)29-22/h5,7-11,13-14,27H,4,6,12,15H2,1-3H3/b18-5-,19-7+. The molecule has 0 bridgehead atoms. The summed E-state index contributed by atoms with van der Waals surface area (Å²) in [7, 11) is 1.57. The lowest BCUT2D eigenvalue weighted by Crippen LogP contribution is -2.25. The number of aliphatic hydroxyl groups excluding tert-OH is 1. The molecule has 0 unspecified atom stereocenters. The lowest BCUT2D eigenvalue weighted by molar-refractivity contribution is -0.286. The van der Waals surface area contributed by atoms with Crippen LogP contribution in [0.5, 0.6) is 17.2 Å². The van der Waals surface area contributed by atoms with E-state index in [1.165, 1.54) is 12.1 Å². The summed E-state index contributed by atoms with van der Waals surface area (Å²) in [5.41, 5.74) is 2.49. The van der Waals surface area contributed by atoms with Crippen LogP contribution < -0.4 is 14.2 Å². The van der Waals surface area contributed by atoms with Crippen molar-refractivity contribution in [2.45, 2.75) is 39.4 Å². The molecule has 0 radical (unpaired) electrons. The van der Waals surface area contributed by atoms with Crippen molar-refractivity contribution >= 4 is 11.8 Å². The third-order valence-electron chi connectivity index (χ3n) is 4.76. The Hall–Kier alpha value is -2.51. The quantitative estimate of drug-likeness (QED) is 0.472. The first-order valence-corrected chi connectivity index (χ1v) is 10.9. The van der Waals surface area contributed by atoms with Crippen LogP contribution in [0.4, 0.5) is 8.78 Å². The number of fused-ring (bicyclic) bond motifs is 1. The Morgan fingerprint density at radius 3 is 2.58 bits per heavy atom. The van der Waals surface area contributed by atoms with Crippen LogP contribution in [0.25, 0.3) is 11.1 Å². The maximum atomic E-state index is 13.4. The number of halogens is 2. The second kappa shape index (κ2) is 10.2. The molecule has 1 aliphatic rings. The van der Waals surface area contributed by atoms with E-state index in [1.54, 1.807) is 24.9 Å². The molecule has 0 fully saturated rings.